The van der Waals surface area contributed by atoms with Gasteiger partial charge in [-0.15, -0.1) is 5.10 Å². The first kappa shape index (κ1) is 19.4. The molecule has 0 N–H and O–H groups in total. The van der Waals surface area contributed by atoms with Gasteiger partial charge in [0.1, 0.15) is 0 Å². The Morgan fingerprint density at radius 2 is 1.47 bits per heavy atom. The molecule has 0 unspecified atom stereocenters. The van der Waals surface area contributed by atoms with Gasteiger partial charge < -0.3 is 4.74 Å². The topological polar surface area (TPSA) is 61.2 Å². The molecule has 1 heterocycles. The molecular formula is C22H13F3N2O3. The van der Waals surface area contributed by atoms with Crippen molar-refractivity contribution >= 4 is 22.8 Å². The number of halogens is 3. The molecule has 0 bridgehead atoms. The summed E-state index contributed by atoms with van der Waals surface area (Å²) < 4.78 is 46.2. The van der Waals surface area contributed by atoms with Crippen LogP contribution in [0.5, 0.6) is 5.88 Å². The maximum atomic E-state index is 13.4. The summed E-state index contributed by atoms with van der Waals surface area (Å²) in [5, 5.41) is 4.33. The van der Waals surface area contributed by atoms with E-state index in [4.69, 9.17) is 4.74 Å². The second-order valence-corrected chi connectivity index (χ2v) is 6.34. The summed E-state index contributed by atoms with van der Waals surface area (Å²) in [6.07, 6.45) is -4.71. The molecule has 8 heteroatoms. The average molecular weight is 410 g/mol. The lowest BCUT2D eigenvalue weighted by molar-refractivity contribution is -0.137. The lowest BCUT2D eigenvalue weighted by atomic mass is 10.1. The van der Waals surface area contributed by atoms with Crippen LogP contribution in [0.2, 0.25) is 0 Å². The second-order valence-electron chi connectivity index (χ2n) is 6.34. The largest absolute Gasteiger partial charge is 0.417 e. The minimum atomic E-state index is -4.71. The normalized spacial score (nSPS) is 11.4. The molecule has 30 heavy (non-hydrogen) atoms. The number of benzene rings is 3. The predicted octanol–water partition coefficient (Wildman–Crippen LogP) is 4.96. The van der Waals surface area contributed by atoms with Crippen molar-refractivity contribution in [3.8, 4) is 5.88 Å². The quantitative estimate of drug-likeness (QED) is 0.448. The van der Waals surface area contributed by atoms with Crippen molar-refractivity contribution in [2.24, 2.45) is 0 Å². The Hall–Kier alpha value is -3.94. The van der Waals surface area contributed by atoms with Crippen LogP contribution in [0, 0.1) is 0 Å². The van der Waals surface area contributed by atoms with Gasteiger partial charge in [0.2, 0.25) is 5.88 Å². The van der Waals surface area contributed by atoms with Gasteiger partial charge >= 0.3 is 12.1 Å². The van der Waals surface area contributed by atoms with Crippen molar-refractivity contribution in [1.29, 1.82) is 0 Å². The first-order valence-electron chi connectivity index (χ1n) is 8.82. The van der Waals surface area contributed by atoms with Crippen molar-refractivity contribution in [3.63, 3.8) is 0 Å². The Labute approximate surface area is 168 Å². The van der Waals surface area contributed by atoms with Gasteiger partial charge in [0.15, 0.2) is 0 Å². The summed E-state index contributed by atoms with van der Waals surface area (Å²) in [7, 11) is 0. The third kappa shape index (κ3) is 3.55. The highest BCUT2D eigenvalue weighted by Gasteiger charge is 2.35. The number of hydrogen-bond donors (Lipinski definition) is 0. The van der Waals surface area contributed by atoms with Crippen LogP contribution in [-0.2, 0) is 6.18 Å². The lowest BCUT2D eigenvalue weighted by Gasteiger charge is -2.11. The Morgan fingerprint density at radius 3 is 2.20 bits per heavy atom. The number of hydrogen-bond acceptors (Lipinski definition) is 4. The van der Waals surface area contributed by atoms with E-state index in [1.165, 1.54) is 18.2 Å². The molecule has 4 aromatic rings. The van der Waals surface area contributed by atoms with Crippen molar-refractivity contribution in [3.05, 3.63) is 95.6 Å². The summed E-state index contributed by atoms with van der Waals surface area (Å²) >= 11 is 0. The summed E-state index contributed by atoms with van der Waals surface area (Å²) in [6, 6.07) is 18.9. The molecule has 0 radical (unpaired) electrons. The minimum Gasteiger partial charge on any atom is -0.402 e. The summed E-state index contributed by atoms with van der Waals surface area (Å²) in [6.45, 7) is 0. The number of aromatic nitrogens is 2. The summed E-state index contributed by atoms with van der Waals surface area (Å²) in [4.78, 5) is 25.3. The highest BCUT2D eigenvalue weighted by Crippen LogP contribution is 2.33. The van der Waals surface area contributed by atoms with Gasteiger partial charge in [-0.2, -0.15) is 17.9 Å². The molecule has 0 saturated heterocycles. The number of ether oxygens (including phenoxy) is 1. The molecule has 0 aliphatic rings. The number of fused-ring (bicyclic) bond motifs is 1. The van der Waals surface area contributed by atoms with Gasteiger partial charge in [0.05, 0.1) is 27.6 Å². The zero-order chi connectivity index (χ0) is 21.3. The van der Waals surface area contributed by atoms with Crippen molar-refractivity contribution in [1.82, 2.24) is 9.78 Å². The molecule has 150 valence electrons. The van der Waals surface area contributed by atoms with E-state index in [1.807, 2.05) is 0 Å². The van der Waals surface area contributed by atoms with Crippen LogP contribution < -0.4 is 4.74 Å². The molecule has 0 saturated carbocycles. The highest BCUT2D eigenvalue weighted by atomic mass is 19.4. The van der Waals surface area contributed by atoms with Gasteiger partial charge in [-0.05, 0) is 36.4 Å². The number of esters is 1. The molecule has 0 amide bonds. The van der Waals surface area contributed by atoms with Crippen LogP contribution in [0.3, 0.4) is 0 Å². The SMILES string of the molecule is O=C(Oc1nn(C(=O)c2ccccc2C(F)(F)F)c2ccccc12)c1ccccc1. The third-order valence-electron chi connectivity index (χ3n) is 4.41. The fourth-order valence-electron chi connectivity index (χ4n) is 3.02. The lowest BCUT2D eigenvalue weighted by Crippen LogP contribution is -2.19. The van der Waals surface area contributed by atoms with E-state index in [-0.39, 0.29) is 17.0 Å². The van der Waals surface area contributed by atoms with Crippen LogP contribution in [-0.4, -0.2) is 21.7 Å². The number of nitrogens with zero attached hydrogens (tertiary/aromatic N) is 2. The van der Waals surface area contributed by atoms with Crippen molar-refractivity contribution < 1.29 is 27.5 Å². The van der Waals surface area contributed by atoms with Gasteiger partial charge in [0.25, 0.3) is 5.91 Å². The number of carbonyl (C=O) groups is 2. The zero-order valence-electron chi connectivity index (χ0n) is 15.3. The van der Waals surface area contributed by atoms with Gasteiger partial charge in [-0.25, -0.2) is 4.79 Å². The molecule has 0 atom stereocenters. The number of alkyl halides is 3. The monoisotopic (exact) mass is 410 g/mol. The molecule has 5 nitrogen and oxygen atoms in total. The van der Waals surface area contributed by atoms with E-state index in [0.29, 0.717) is 5.39 Å². The first-order valence-corrected chi connectivity index (χ1v) is 8.82. The Balaban J connectivity index is 1.79. The number of rotatable bonds is 3. The zero-order valence-corrected chi connectivity index (χ0v) is 15.3. The molecular weight excluding hydrogens is 397 g/mol. The minimum absolute atomic E-state index is 0.169. The van der Waals surface area contributed by atoms with Crippen molar-refractivity contribution in [2.75, 3.05) is 0 Å². The van der Waals surface area contributed by atoms with Crippen LogP contribution in [0.25, 0.3) is 10.9 Å². The molecule has 0 aliphatic heterocycles. The third-order valence-corrected chi connectivity index (χ3v) is 4.41. The van der Waals surface area contributed by atoms with Crippen LogP contribution >= 0.6 is 0 Å². The molecule has 0 fully saturated rings. The van der Waals surface area contributed by atoms with Crippen molar-refractivity contribution in [2.45, 2.75) is 6.18 Å². The summed E-state index contributed by atoms with van der Waals surface area (Å²) in [5.74, 6) is -1.85. The Morgan fingerprint density at radius 1 is 0.833 bits per heavy atom. The molecule has 0 aliphatic carbocycles. The summed E-state index contributed by atoms with van der Waals surface area (Å²) in [5.41, 5.74) is -1.14. The Bertz CT molecular complexity index is 1250. The average Bonchev–Trinajstić information content (AvgIpc) is 3.12. The van der Waals surface area contributed by atoms with E-state index in [1.54, 1.807) is 48.5 Å². The maximum Gasteiger partial charge on any atom is 0.417 e. The second kappa shape index (κ2) is 7.47. The first-order chi connectivity index (χ1) is 14.4. The van der Waals surface area contributed by atoms with Crippen LogP contribution in [0.15, 0.2) is 78.9 Å². The number of carbonyl (C=O) groups excluding carboxylic acids is 2. The van der Waals surface area contributed by atoms with Gasteiger partial charge in [-0.3, -0.25) is 4.79 Å². The van der Waals surface area contributed by atoms with Gasteiger partial charge in [-0.1, -0.05) is 42.5 Å². The van der Waals surface area contributed by atoms with E-state index < -0.39 is 29.2 Å². The van der Waals surface area contributed by atoms with Gasteiger partial charge in [0, 0.05) is 0 Å². The molecule has 4 rings (SSSR count). The van der Waals surface area contributed by atoms with E-state index in [0.717, 1.165) is 16.8 Å². The van der Waals surface area contributed by atoms with Crippen LogP contribution in [0.1, 0.15) is 26.3 Å². The number of para-hydroxylation sites is 1. The maximum absolute atomic E-state index is 13.4. The fourth-order valence-corrected chi connectivity index (χ4v) is 3.02. The highest BCUT2D eigenvalue weighted by molar-refractivity contribution is 6.04. The molecule has 3 aromatic carbocycles. The molecule has 1 aromatic heterocycles. The van der Waals surface area contributed by atoms with E-state index >= 15 is 0 Å². The standard InChI is InChI=1S/C22H13F3N2O3/c23-22(24,25)17-12-6-4-10-15(17)20(28)27-18-13-7-5-11-16(18)19(26-27)30-21(29)14-8-2-1-3-9-14/h1-13H. The smallest absolute Gasteiger partial charge is 0.402 e. The molecule has 0 spiro atoms. The van der Waals surface area contributed by atoms with E-state index in [2.05, 4.69) is 5.10 Å². The fraction of sp³-hybridized carbons (Fsp3) is 0.0455. The van der Waals surface area contributed by atoms with Crippen LogP contribution in [0.4, 0.5) is 13.2 Å². The van der Waals surface area contributed by atoms with E-state index in [9.17, 15) is 22.8 Å². The Kier molecular flexibility index (Phi) is 4.83. The predicted molar refractivity (Wildman–Crippen MR) is 102 cm³/mol.